The van der Waals surface area contributed by atoms with Crippen LogP contribution < -0.4 is 10.1 Å². The van der Waals surface area contributed by atoms with Crippen molar-refractivity contribution in [3.8, 4) is 17.1 Å². The van der Waals surface area contributed by atoms with Crippen molar-refractivity contribution in [1.82, 2.24) is 19.3 Å². The number of methoxy groups -OCH3 is 1. The molecule has 1 N–H and O–H groups in total. The molecule has 0 radical (unpaired) electrons. The van der Waals surface area contributed by atoms with E-state index in [1.807, 2.05) is 31.2 Å². The number of aromatic nitrogens is 2. The number of sulfonamides is 1. The van der Waals surface area contributed by atoms with Gasteiger partial charge in [0.15, 0.2) is 0 Å². The zero-order chi connectivity index (χ0) is 27.4. The van der Waals surface area contributed by atoms with Gasteiger partial charge in [-0.25, -0.2) is 8.42 Å². The predicted octanol–water partition coefficient (Wildman–Crippen LogP) is 4.08. The van der Waals surface area contributed by atoms with Crippen molar-refractivity contribution in [1.29, 1.82) is 0 Å². The molecule has 5 rings (SSSR count). The summed E-state index contributed by atoms with van der Waals surface area (Å²) in [6, 6.07) is 12.6. The second-order valence-electron chi connectivity index (χ2n) is 10.2. The summed E-state index contributed by atoms with van der Waals surface area (Å²) in [6.45, 7) is 5.01. The molecule has 0 atom stereocenters. The Morgan fingerprint density at radius 3 is 2.46 bits per heavy atom. The van der Waals surface area contributed by atoms with Gasteiger partial charge in [0.2, 0.25) is 27.6 Å². The molecule has 0 saturated carbocycles. The van der Waals surface area contributed by atoms with Gasteiger partial charge in [-0.15, -0.1) is 0 Å². The van der Waals surface area contributed by atoms with E-state index in [0.29, 0.717) is 68.7 Å². The highest BCUT2D eigenvalue weighted by atomic mass is 32.2. The molecule has 3 heterocycles. The first-order chi connectivity index (χ1) is 18.8. The molecule has 0 spiro atoms. The molecule has 1 amide bonds. The Bertz CT molecular complexity index is 1390. The molecule has 0 unspecified atom stereocenters. The first-order valence-corrected chi connectivity index (χ1v) is 14.9. The minimum atomic E-state index is -3.63. The van der Waals surface area contributed by atoms with Gasteiger partial charge in [-0.2, -0.15) is 9.29 Å². The van der Waals surface area contributed by atoms with Gasteiger partial charge in [0.25, 0.3) is 0 Å². The van der Waals surface area contributed by atoms with Crippen LogP contribution in [0.4, 0.5) is 5.69 Å². The first kappa shape index (κ1) is 27.3. The number of ether oxygens (including phenoxy) is 1. The van der Waals surface area contributed by atoms with Gasteiger partial charge in [-0.05, 0) is 63.9 Å². The van der Waals surface area contributed by atoms with E-state index in [0.717, 1.165) is 24.8 Å². The van der Waals surface area contributed by atoms with Crippen LogP contribution >= 0.6 is 0 Å². The quantitative estimate of drug-likeness (QED) is 0.443. The summed E-state index contributed by atoms with van der Waals surface area (Å²) in [6.07, 6.45) is 4.09. The third-order valence-electron chi connectivity index (χ3n) is 7.48. The van der Waals surface area contributed by atoms with Gasteiger partial charge in [0, 0.05) is 24.6 Å². The lowest BCUT2D eigenvalue weighted by molar-refractivity contribution is -0.121. The van der Waals surface area contributed by atoms with Crippen LogP contribution in [0.3, 0.4) is 0 Å². The number of benzene rings is 2. The standard InChI is InChI=1S/C28H35N5O5S/c1-20-6-8-21(9-7-20)27-30-26(38-31-27)19-32-16-12-22(13-17-32)28(34)29-24-18-23(10-11-25(24)37-2)39(35,36)33-14-4-3-5-15-33/h6-11,18,22H,3-5,12-17,19H2,1-2H3,(H,29,34). The molecule has 11 heteroatoms. The highest BCUT2D eigenvalue weighted by Crippen LogP contribution is 2.31. The van der Waals surface area contributed by atoms with Gasteiger partial charge >= 0.3 is 0 Å². The summed E-state index contributed by atoms with van der Waals surface area (Å²) in [4.78, 5) is 20.1. The maximum absolute atomic E-state index is 13.2. The van der Waals surface area contributed by atoms with Crippen LogP contribution in [0.15, 0.2) is 51.9 Å². The topological polar surface area (TPSA) is 118 Å². The zero-order valence-corrected chi connectivity index (χ0v) is 23.2. The summed E-state index contributed by atoms with van der Waals surface area (Å²) in [5.74, 6) is 1.21. The second-order valence-corrected chi connectivity index (χ2v) is 12.2. The van der Waals surface area contributed by atoms with Crippen molar-refractivity contribution in [2.24, 2.45) is 5.92 Å². The van der Waals surface area contributed by atoms with E-state index in [1.54, 1.807) is 12.1 Å². The van der Waals surface area contributed by atoms with E-state index in [4.69, 9.17) is 9.26 Å². The number of hydrogen-bond donors (Lipinski definition) is 1. The number of nitrogens with zero attached hydrogens (tertiary/aromatic N) is 4. The van der Waals surface area contributed by atoms with Crippen molar-refractivity contribution < 1.29 is 22.5 Å². The van der Waals surface area contributed by atoms with Crippen LogP contribution in [0.5, 0.6) is 5.75 Å². The van der Waals surface area contributed by atoms with Gasteiger partial charge < -0.3 is 14.6 Å². The van der Waals surface area contributed by atoms with Crippen LogP contribution in [0.1, 0.15) is 43.6 Å². The van der Waals surface area contributed by atoms with Crippen molar-refractivity contribution in [2.75, 3.05) is 38.6 Å². The Morgan fingerprint density at radius 2 is 1.77 bits per heavy atom. The summed E-state index contributed by atoms with van der Waals surface area (Å²) in [5.41, 5.74) is 2.45. The number of nitrogens with one attached hydrogen (secondary N) is 1. The molecule has 1 aromatic heterocycles. The molecule has 3 aromatic rings. The Hall–Kier alpha value is -3.28. The molecule has 2 aliphatic heterocycles. The largest absolute Gasteiger partial charge is 0.495 e. The lowest BCUT2D eigenvalue weighted by atomic mass is 9.96. The smallest absolute Gasteiger partial charge is 0.243 e. The predicted molar refractivity (Wildman–Crippen MR) is 147 cm³/mol. The van der Waals surface area contributed by atoms with E-state index in [1.165, 1.54) is 23.0 Å². The molecular weight excluding hydrogens is 518 g/mol. The fourth-order valence-electron chi connectivity index (χ4n) is 5.12. The maximum Gasteiger partial charge on any atom is 0.243 e. The molecular formula is C28H35N5O5S. The number of hydrogen-bond acceptors (Lipinski definition) is 8. The van der Waals surface area contributed by atoms with E-state index < -0.39 is 10.0 Å². The normalized spacial score (nSPS) is 17.7. The monoisotopic (exact) mass is 553 g/mol. The molecule has 2 aromatic carbocycles. The minimum absolute atomic E-state index is 0.139. The fraction of sp³-hybridized carbons (Fsp3) is 0.464. The van der Waals surface area contributed by atoms with Crippen LogP contribution in [0, 0.1) is 12.8 Å². The SMILES string of the molecule is COc1ccc(S(=O)(=O)N2CCCCC2)cc1NC(=O)C1CCN(Cc2nc(-c3ccc(C)cc3)no2)CC1. The lowest BCUT2D eigenvalue weighted by Gasteiger charge is -2.30. The molecule has 0 aliphatic carbocycles. The van der Waals surface area contributed by atoms with E-state index in [2.05, 4.69) is 20.4 Å². The first-order valence-electron chi connectivity index (χ1n) is 13.4. The molecule has 2 saturated heterocycles. The minimum Gasteiger partial charge on any atom is -0.495 e. The third kappa shape index (κ3) is 6.32. The number of likely N-dealkylation sites (tertiary alicyclic amines) is 1. The number of carbonyl (C=O) groups excluding carboxylic acids is 1. The lowest BCUT2D eigenvalue weighted by Crippen LogP contribution is -2.38. The van der Waals surface area contributed by atoms with E-state index in [-0.39, 0.29) is 16.7 Å². The van der Waals surface area contributed by atoms with Crippen LogP contribution in [-0.2, 0) is 21.4 Å². The Balaban J connectivity index is 1.18. The highest BCUT2D eigenvalue weighted by Gasteiger charge is 2.29. The van der Waals surface area contributed by atoms with Crippen LogP contribution in [-0.4, -0.2) is 67.0 Å². The van der Waals surface area contributed by atoms with E-state index in [9.17, 15) is 13.2 Å². The molecule has 208 valence electrons. The van der Waals surface area contributed by atoms with Gasteiger partial charge in [0.1, 0.15) is 5.75 Å². The average molecular weight is 554 g/mol. The number of amides is 1. The van der Waals surface area contributed by atoms with E-state index >= 15 is 0 Å². The maximum atomic E-state index is 13.2. The summed E-state index contributed by atoms with van der Waals surface area (Å²) in [7, 11) is -2.12. The Morgan fingerprint density at radius 1 is 1.05 bits per heavy atom. The summed E-state index contributed by atoms with van der Waals surface area (Å²) in [5, 5.41) is 7.04. The van der Waals surface area contributed by atoms with Gasteiger partial charge in [0.05, 0.1) is 24.2 Å². The number of carbonyl (C=O) groups is 1. The molecule has 2 fully saturated rings. The van der Waals surface area contributed by atoms with Crippen molar-refractivity contribution >= 4 is 21.6 Å². The van der Waals surface area contributed by atoms with Gasteiger partial charge in [-0.1, -0.05) is 41.4 Å². The molecule has 39 heavy (non-hydrogen) atoms. The summed E-state index contributed by atoms with van der Waals surface area (Å²) >= 11 is 0. The Kier molecular flexibility index (Phi) is 8.29. The van der Waals surface area contributed by atoms with Crippen molar-refractivity contribution in [3.63, 3.8) is 0 Å². The third-order valence-corrected chi connectivity index (χ3v) is 9.37. The zero-order valence-electron chi connectivity index (χ0n) is 22.4. The van der Waals surface area contributed by atoms with Crippen molar-refractivity contribution in [3.05, 3.63) is 53.9 Å². The summed E-state index contributed by atoms with van der Waals surface area (Å²) < 4.78 is 38.7. The fourth-order valence-corrected chi connectivity index (χ4v) is 6.66. The molecule has 10 nitrogen and oxygen atoms in total. The Labute approximate surface area is 229 Å². The number of anilines is 1. The second kappa shape index (κ2) is 11.8. The van der Waals surface area contributed by atoms with Gasteiger partial charge in [-0.3, -0.25) is 9.69 Å². The average Bonchev–Trinajstić information content (AvgIpc) is 3.42. The molecule has 2 aliphatic rings. The highest BCUT2D eigenvalue weighted by molar-refractivity contribution is 7.89. The molecule has 0 bridgehead atoms. The number of rotatable bonds is 8. The van der Waals surface area contributed by atoms with Crippen LogP contribution in [0.25, 0.3) is 11.4 Å². The van der Waals surface area contributed by atoms with Crippen LogP contribution in [0.2, 0.25) is 0 Å². The number of aryl methyl sites for hydroxylation is 1. The number of piperidine rings is 2. The van der Waals surface area contributed by atoms with Crippen molar-refractivity contribution in [2.45, 2.75) is 50.5 Å².